The van der Waals surface area contributed by atoms with Crippen LogP contribution in [0.5, 0.6) is 11.5 Å². The smallest absolute Gasteiger partial charge is 0.120 e. The highest BCUT2D eigenvalue weighted by Gasteiger charge is 2.31. The molecule has 176 valence electrons. The van der Waals surface area contributed by atoms with E-state index in [4.69, 9.17) is 11.5 Å². The van der Waals surface area contributed by atoms with Crippen LogP contribution in [0.2, 0.25) is 0 Å². The zero-order valence-electron chi connectivity index (χ0n) is 20.7. The number of phenols is 2. The van der Waals surface area contributed by atoms with Crippen LogP contribution in [0.1, 0.15) is 86.4 Å². The first kappa shape index (κ1) is 24.8. The van der Waals surface area contributed by atoms with E-state index in [9.17, 15) is 10.2 Å². The molecule has 0 unspecified atom stereocenters. The van der Waals surface area contributed by atoms with E-state index in [0.717, 1.165) is 27.8 Å². The van der Waals surface area contributed by atoms with Gasteiger partial charge in [-0.25, -0.2) is 0 Å². The molecule has 0 atom stereocenters. The molecular formula is C29H38N2O2. The second-order valence-electron chi connectivity index (χ2n) is 10.9. The fraction of sp³-hybridized carbons (Fsp3) is 0.379. The van der Waals surface area contributed by atoms with Crippen LogP contribution in [-0.4, -0.2) is 10.2 Å². The van der Waals surface area contributed by atoms with E-state index < -0.39 is 0 Å². The molecule has 3 aromatic carbocycles. The normalized spacial score (nSPS) is 12.4. The molecular weight excluding hydrogens is 408 g/mol. The van der Waals surface area contributed by atoms with E-state index >= 15 is 0 Å². The zero-order chi connectivity index (χ0) is 24.6. The van der Waals surface area contributed by atoms with E-state index in [1.165, 1.54) is 0 Å². The molecule has 0 aromatic heterocycles. The van der Waals surface area contributed by atoms with Gasteiger partial charge in [-0.1, -0.05) is 71.9 Å². The van der Waals surface area contributed by atoms with Gasteiger partial charge in [0.1, 0.15) is 11.5 Å². The molecule has 4 nitrogen and oxygen atoms in total. The second kappa shape index (κ2) is 9.20. The van der Waals surface area contributed by atoms with Gasteiger partial charge >= 0.3 is 0 Å². The van der Waals surface area contributed by atoms with Crippen LogP contribution >= 0.6 is 0 Å². The third kappa shape index (κ3) is 5.07. The number of benzene rings is 3. The van der Waals surface area contributed by atoms with Gasteiger partial charge in [0.05, 0.1) is 0 Å². The summed E-state index contributed by atoms with van der Waals surface area (Å²) in [6.07, 6.45) is 0. The topological polar surface area (TPSA) is 92.5 Å². The van der Waals surface area contributed by atoms with Crippen LogP contribution in [0, 0.1) is 0 Å². The Morgan fingerprint density at radius 1 is 0.667 bits per heavy atom. The predicted molar refractivity (Wildman–Crippen MR) is 137 cm³/mol. The summed E-state index contributed by atoms with van der Waals surface area (Å²) in [6.45, 7) is 13.4. The van der Waals surface area contributed by atoms with Crippen molar-refractivity contribution in [3.05, 3.63) is 93.5 Å². The summed E-state index contributed by atoms with van der Waals surface area (Å²) < 4.78 is 0. The zero-order valence-corrected chi connectivity index (χ0v) is 20.7. The summed E-state index contributed by atoms with van der Waals surface area (Å²) in [4.78, 5) is 0. The first-order valence-electron chi connectivity index (χ1n) is 11.6. The van der Waals surface area contributed by atoms with Crippen molar-refractivity contribution in [2.24, 2.45) is 11.5 Å². The van der Waals surface area contributed by atoms with Crippen LogP contribution in [0.15, 0.2) is 54.6 Å². The van der Waals surface area contributed by atoms with Crippen molar-refractivity contribution >= 4 is 0 Å². The number of hydrogen-bond donors (Lipinski definition) is 4. The van der Waals surface area contributed by atoms with Crippen molar-refractivity contribution in [1.82, 2.24) is 0 Å². The molecule has 0 saturated carbocycles. The van der Waals surface area contributed by atoms with Gasteiger partial charge in [-0.2, -0.15) is 0 Å². The largest absolute Gasteiger partial charge is 0.508 e. The van der Waals surface area contributed by atoms with Gasteiger partial charge in [-0.05, 0) is 62.9 Å². The average Bonchev–Trinajstić information content (AvgIpc) is 2.74. The highest BCUT2D eigenvalue weighted by molar-refractivity contribution is 5.57. The van der Waals surface area contributed by atoms with Gasteiger partial charge in [-0.3, -0.25) is 0 Å². The summed E-state index contributed by atoms with van der Waals surface area (Å²) in [7, 11) is 0. The molecule has 0 aliphatic rings. The number of aromatic hydroxyl groups is 2. The molecule has 6 N–H and O–H groups in total. The lowest BCUT2D eigenvalue weighted by Crippen LogP contribution is -2.22. The predicted octanol–water partition coefficient (Wildman–Crippen LogP) is 5.79. The average molecular weight is 447 g/mol. The van der Waals surface area contributed by atoms with Crippen LogP contribution in [0.25, 0.3) is 0 Å². The van der Waals surface area contributed by atoms with Crippen LogP contribution < -0.4 is 11.5 Å². The molecule has 0 saturated heterocycles. The van der Waals surface area contributed by atoms with Crippen LogP contribution in [-0.2, 0) is 23.9 Å². The highest BCUT2D eigenvalue weighted by Crippen LogP contribution is 2.45. The Labute approximate surface area is 198 Å². The van der Waals surface area contributed by atoms with Gasteiger partial charge < -0.3 is 21.7 Å². The third-order valence-electron chi connectivity index (χ3n) is 6.31. The molecule has 0 aliphatic heterocycles. The molecule has 0 amide bonds. The van der Waals surface area contributed by atoms with Gasteiger partial charge in [-0.15, -0.1) is 0 Å². The number of rotatable bonds is 5. The monoisotopic (exact) mass is 446 g/mol. The summed E-state index contributed by atoms with van der Waals surface area (Å²) >= 11 is 0. The maximum atomic E-state index is 10.7. The summed E-state index contributed by atoms with van der Waals surface area (Å²) in [5.74, 6) is 0.330. The Hall–Kier alpha value is -2.82. The molecule has 0 aliphatic carbocycles. The summed E-state index contributed by atoms with van der Waals surface area (Å²) in [5, 5.41) is 21.3. The highest BCUT2D eigenvalue weighted by atomic mass is 16.3. The van der Waals surface area contributed by atoms with Crippen LogP contribution in [0.3, 0.4) is 0 Å². The minimum Gasteiger partial charge on any atom is -0.508 e. The molecule has 33 heavy (non-hydrogen) atoms. The van der Waals surface area contributed by atoms with Crippen LogP contribution in [0.4, 0.5) is 0 Å². The van der Waals surface area contributed by atoms with Crippen molar-refractivity contribution in [3.63, 3.8) is 0 Å². The Morgan fingerprint density at radius 2 is 1.06 bits per heavy atom. The van der Waals surface area contributed by atoms with Crippen molar-refractivity contribution in [1.29, 1.82) is 0 Å². The summed E-state index contributed by atoms with van der Waals surface area (Å²) in [6, 6.07) is 18.2. The van der Waals surface area contributed by atoms with E-state index in [1.807, 2.05) is 30.3 Å². The lowest BCUT2D eigenvalue weighted by atomic mass is 9.71. The third-order valence-corrected chi connectivity index (χ3v) is 6.31. The van der Waals surface area contributed by atoms with Crippen molar-refractivity contribution in [2.75, 3.05) is 0 Å². The number of nitrogens with two attached hydrogens (primary N) is 2. The lowest BCUT2D eigenvalue weighted by Gasteiger charge is -2.33. The van der Waals surface area contributed by atoms with Gasteiger partial charge in [0.2, 0.25) is 0 Å². The number of hydrogen-bond acceptors (Lipinski definition) is 4. The first-order chi connectivity index (χ1) is 15.4. The molecule has 4 heteroatoms. The molecule has 0 spiro atoms. The Balaban J connectivity index is 2.48. The van der Waals surface area contributed by atoms with E-state index in [2.05, 4.69) is 65.8 Å². The SMILES string of the molecule is CC(C)(C)c1cc(O)c(CN)cc1C(c1ccccc1)c1cc(CN)c(O)cc1C(C)(C)C. The molecule has 0 fully saturated rings. The second-order valence-corrected chi connectivity index (χ2v) is 10.9. The molecule has 3 rings (SSSR count). The Morgan fingerprint density at radius 3 is 1.39 bits per heavy atom. The standard InChI is InChI=1S/C29H38N2O2/c1-28(2,3)23-14-25(32)19(16-30)12-21(23)27(18-10-8-7-9-11-18)22-13-20(17-31)26(33)15-24(22)29(4,5)6/h7-15,27,32-33H,16-17,30-31H2,1-6H3. The lowest BCUT2D eigenvalue weighted by molar-refractivity contribution is 0.462. The summed E-state index contributed by atoms with van der Waals surface area (Å²) in [5.41, 5.74) is 18.5. The first-order valence-corrected chi connectivity index (χ1v) is 11.6. The fourth-order valence-electron chi connectivity index (χ4n) is 4.58. The fourth-order valence-corrected chi connectivity index (χ4v) is 4.58. The maximum Gasteiger partial charge on any atom is 0.120 e. The van der Waals surface area contributed by atoms with Gasteiger partial charge in [0, 0.05) is 30.1 Å². The van der Waals surface area contributed by atoms with Crippen molar-refractivity contribution < 1.29 is 10.2 Å². The van der Waals surface area contributed by atoms with E-state index in [-0.39, 0.29) is 41.3 Å². The minimum atomic E-state index is -0.206. The van der Waals surface area contributed by atoms with Gasteiger partial charge in [0.25, 0.3) is 0 Å². The molecule has 0 bridgehead atoms. The minimum absolute atomic E-state index is 0.119. The molecule has 3 aromatic rings. The van der Waals surface area contributed by atoms with E-state index in [0.29, 0.717) is 11.1 Å². The quantitative estimate of drug-likeness (QED) is 0.373. The van der Waals surface area contributed by atoms with Gasteiger partial charge in [0.15, 0.2) is 0 Å². The number of phenolic OH excluding ortho intramolecular Hbond substituents is 2. The van der Waals surface area contributed by atoms with Crippen molar-refractivity contribution in [2.45, 2.75) is 71.4 Å². The molecule has 0 heterocycles. The Kier molecular flexibility index (Phi) is 6.92. The molecule has 0 radical (unpaired) electrons. The van der Waals surface area contributed by atoms with Crippen molar-refractivity contribution in [3.8, 4) is 11.5 Å². The van der Waals surface area contributed by atoms with E-state index in [1.54, 1.807) is 0 Å². The Bertz CT molecular complexity index is 1050. The maximum absolute atomic E-state index is 10.7.